The molecule has 0 saturated carbocycles. The molecule has 184 valence electrons. The van der Waals surface area contributed by atoms with Gasteiger partial charge in [-0.1, -0.05) is 133 Å². The molecule has 1 nitrogen and oxygen atoms in total. The van der Waals surface area contributed by atoms with E-state index < -0.39 is 0 Å². The van der Waals surface area contributed by atoms with Gasteiger partial charge in [-0.25, -0.2) is 0 Å². The van der Waals surface area contributed by atoms with E-state index in [0.717, 1.165) is 17.1 Å². The third kappa shape index (κ3) is 4.35. The van der Waals surface area contributed by atoms with Crippen LogP contribution in [0.4, 0.5) is 17.1 Å². The van der Waals surface area contributed by atoms with Crippen LogP contribution < -0.4 is 4.90 Å². The number of benzene rings is 7. The van der Waals surface area contributed by atoms with Gasteiger partial charge in [0.25, 0.3) is 0 Å². The van der Waals surface area contributed by atoms with Crippen molar-refractivity contribution in [1.29, 1.82) is 0 Å². The average molecular weight is 498 g/mol. The lowest BCUT2D eigenvalue weighted by atomic mass is 9.96. The Morgan fingerprint density at radius 2 is 0.897 bits per heavy atom. The van der Waals surface area contributed by atoms with E-state index >= 15 is 0 Å². The van der Waals surface area contributed by atoms with E-state index in [4.69, 9.17) is 0 Å². The summed E-state index contributed by atoms with van der Waals surface area (Å²) < 4.78 is 0. The van der Waals surface area contributed by atoms with Crippen molar-refractivity contribution in [2.24, 2.45) is 0 Å². The Bertz CT molecular complexity index is 1880. The van der Waals surface area contributed by atoms with Gasteiger partial charge in [0.05, 0.1) is 5.69 Å². The van der Waals surface area contributed by atoms with E-state index in [0.29, 0.717) is 0 Å². The van der Waals surface area contributed by atoms with E-state index in [1.807, 2.05) is 0 Å². The highest BCUT2D eigenvalue weighted by atomic mass is 15.1. The number of hydrogen-bond acceptors (Lipinski definition) is 1. The van der Waals surface area contributed by atoms with Crippen LogP contribution in [0.2, 0.25) is 0 Å². The molecule has 0 aliphatic carbocycles. The Hall–Kier alpha value is -5.14. The molecule has 0 N–H and O–H groups in total. The second-order valence-electron chi connectivity index (χ2n) is 9.83. The first kappa shape index (κ1) is 23.0. The van der Waals surface area contributed by atoms with Crippen LogP contribution in [0, 0.1) is 0 Å². The van der Waals surface area contributed by atoms with Gasteiger partial charge in [0.15, 0.2) is 0 Å². The number of fused-ring (bicyclic) bond motifs is 2. The van der Waals surface area contributed by atoms with Crippen molar-refractivity contribution in [2.45, 2.75) is 0 Å². The molecule has 0 unspecified atom stereocenters. The smallest absolute Gasteiger partial charge is 0.0546 e. The standard InChI is InChI=1S/C38H27N/c1-3-11-28(12-4-1)30-21-24-34(25-22-30)39(35-26-23-29-13-7-8-16-33(29)27-35)37-20-10-18-32-17-9-19-36(38(32)37)31-14-5-2-6-15-31/h1-27H. The lowest BCUT2D eigenvalue weighted by Crippen LogP contribution is -2.10. The summed E-state index contributed by atoms with van der Waals surface area (Å²) in [5.74, 6) is 0. The fourth-order valence-electron chi connectivity index (χ4n) is 5.54. The molecule has 7 aromatic rings. The van der Waals surface area contributed by atoms with Crippen LogP contribution in [0.3, 0.4) is 0 Å². The van der Waals surface area contributed by atoms with Crippen LogP contribution in [0.1, 0.15) is 0 Å². The lowest BCUT2D eigenvalue weighted by molar-refractivity contribution is 1.30. The molecule has 0 spiro atoms. The summed E-state index contributed by atoms with van der Waals surface area (Å²) in [5.41, 5.74) is 8.30. The molecular weight excluding hydrogens is 470 g/mol. The Labute approximate surface area is 229 Å². The summed E-state index contributed by atoms with van der Waals surface area (Å²) >= 11 is 0. The number of rotatable bonds is 5. The maximum atomic E-state index is 2.40. The summed E-state index contributed by atoms with van der Waals surface area (Å²) in [6.07, 6.45) is 0. The molecular formula is C38H27N. The molecule has 39 heavy (non-hydrogen) atoms. The van der Waals surface area contributed by atoms with Crippen LogP contribution in [0.25, 0.3) is 43.8 Å². The minimum absolute atomic E-state index is 1.13. The van der Waals surface area contributed by atoms with Crippen molar-refractivity contribution in [3.05, 3.63) is 164 Å². The number of nitrogens with zero attached hydrogens (tertiary/aromatic N) is 1. The van der Waals surface area contributed by atoms with E-state index in [2.05, 4.69) is 169 Å². The highest BCUT2D eigenvalue weighted by Gasteiger charge is 2.18. The zero-order chi connectivity index (χ0) is 26.0. The largest absolute Gasteiger partial charge is 0.310 e. The average Bonchev–Trinajstić information content (AvgIpc) is 3.02. The first-order chi connectivity index (χ1) is 19.3. The van der Waals surface area contributed by atoms with Gasteiger partial charge in [-0.05, 0) is 68.7 Å². The lowest BCUT2D eigenvalue weighted by Gasteiger charge is -2.28. The summed E-state index contributed by atoms with van der Waals surface area (Å²) in [7, 11) is 0. The maximum absolute atomic E-state index is 2.40. The predicted octanol–water partition coefficient (Wildman–Crippen LogP) is 10.8. The monoisotopic (exact) mass is 497 g/mol. The van der Waals surface area contributed by atoms with Crippen molar-refractivity contribution >= 4 is 38.6 Å². The SMILES string of the molecule is c1ccc(-c2ccc(N(c3ccc4ccccc4c3)c3cccc4cccc(-c5ccccc5)c34)cc2)cc1. The summed E-state index contributed by atoms with van der Waals surface area (Å²) in [6, 6.07) is 58.7. The Balaban J connectivity index is 1.47. The zero-order valence-corrected chi connectivity index (χ0v) is 21.5. The van der Waals surface area contributed by atoms with Crippen LogP contribution in [-0.2, 0) is 0 Å². The molecule has 0 amide bonds. The third-order valence-electron chi connectivity index (χ3n) is 7.43. The van der Waals surface area contributed by atoms with E-state index in [9.17, 15) is 0 Å². The minimum atomic E-state index is 1.13. The molecule has 7 rings (SSSR count). The van der Waals surface area contributed by atoms with Crippen LogP contribution in [0.5, 0.6) is 0 Å². The van der Waals surface area contributed by atoms with Crippen molar-refractivity contribution < 1.29 is 0 Å². The molecule has 0 saturated heterocycles. The Morgan fingerprint density at radius 1 is 0.333 bits per heavy atom. The van der Waals surface area contributed by atoms with Crippen molar-refractivity contribution in [3.8, 4) is 22.3 Å². The van der Waals surface area contributed by atoms with Gasteiger partial charge in [-0.3, -0.25) is 0 Å². The molecule has 0 radical (unpaired) electrons. The number of anilines is 3. The van der Waals surface area contributed by atoms with E-state index in [1.54, 1.807) is 0 Å². The fraction of sp³-hybridized carbons (Fsp3) is 0. The molecule has 0 aliphatic rings. The van der Waals surface area contributed by atoms with Crippen LogP contribution >= 0.6 is 0 Å². The number of hydrogen-bond donors (Lipinski definition) is 0. The van der Waals surface area contributed by atoms with Gasteiger partial charge in [-0.15, -0.1) is 0 Å². The van der Waals surface area contributed by atoms with Crippen molar-refractivity contribution in [3.63, 3.8) is 0 Å². The molecule has 0 aromatic heterocycles. The molecule has 0 aliphatic heterocycles. The van der Waals surface area contributed by atoms with Crippen molar-refractivity contribution in [1.82, 2.24) is 0 Å². The first-order valence-corrected chi connectivity index (χ1v) is 13.4. The first-order valence-electron chi connectivity index (χ1n) is 13.4. The van der Waals surface area contributed by atoms with Gasteiger partial charge < -0.3 is 4.90 Å². The molecule has 1 heteroatoms. The van der Waals surface area contributed by atoms with Gasteiger partial charge in [-0.2, -0.15) is 0 Å². The second kappa shape index (κ2) is 9.96. The van der Waals surface area contributed by atoms with Crippen molar-refractivity contribution in [2.75, 3.05) is 4.90 Å². The highest BCUT2D eigenvalue weighted by molar-refractivity contribution is 6.08. The Kier molecular flexibility index (Phi) is 5.88. The zero-order valence-electron chi connectivity index (χ0n) is 21.5. The molecule has 7 aromatic carbocycles. The van der Waals surface area contributed by atoms with Gasteiger partial charge >= 0.3 is 0 Å². The fourth-order valence-corrected chi connectivity index (χ4v) is 5.54. The highest BCUT2D eigenvalue weighted by Crippen LogP contribution is 2.43. The molecule has 0 atom stereocenters. The maximum Gasteiger partial charge on any atom is 0.0546 e. The van der Waals surface area contributed by atoms with Gasteiger partial charge in [0.2, 0.25) is 0 Å². The summed E-state index contributed by atoms with van der Waals surface area (Å²) in [5, 5.41) is 4.93. The van der Waals surface area contributed by atoms with Crippen LogP contribution in [0.15, 0.2) is 164 Å². The second-order valence-corrected chi connectivity index (χ2v) is 9.83. The minimum Gasteiger partial charge on any atom is -0.310 e. The van der Waals surface area contributed by atoms with Crippen LogP contribution in [-0.4, -0.2) is 0 Å². The van der Waals surface area contributed by atoms with E-state index in [1.165, 1.54) is 43.8 Å². The Morgan fingerprint density at radius 3 is 1.64 bits per heavy atom. The summed E-state index contributed by atoms with van der Waals surface area (Å²) in [6.45, 7) is 0. The topological polar surface area (TPSA) is 3.24 Å². The quantitative estimate of drug-likeness (QED) is 0.229. The molecule has 0 fully saturated rings. The van der Waals surface area contributed by atoms with Gasteiger partial charge in [0.1, 0.15) is 0 Å². The predicted molar refractivity (Wildman–Crippen MR) is 167 cm³/mol. The molecule has 0 bridgehead atoms. The normalized spacial score (nSPS) is 11.1. The van der Waals surface area contributed by atoms with E-state index in [-0.39, 0.29) is 0 Å². The molecule has 0 heterocycles. The third-order valence-corrected chi connectivity index (χ3v) is 7.43. The van der Waals surface area contributed by atoms with Gasteiger partial charge in [0, 0.05) is 16.8 Å². The summed E-state index contributed by atoms with van der Waals surface area (Å²) in [4.78, 5) is 2.40.